The van der Waals surface area contributed by atoms with Crippen LogP contribution in [-0.4, -0.2) is 49.5 Å². The van der Waals surface area contributed by atoms with Gasteiger partial charge in [0.15, 0.2) is 11.3 Å². The molecule has 0 amide bonds. The Morgan fingerprint density at radius 1 is 0.725 bits per heavy atom. The average molecular weight is 741 g/mol. The number of hydrogen-bond acceptors (Lipinski definition) is 11. The fourth-order valence-corrected chi connectivity index (χ4v) is 4.45. The zero-order valence-electron chi connectivity index (χ0n) is 27.8. The fourth-order valence-electron chi connectivity index (χ4n) is 4.27. The Kier molecular flexibility index (Phi) is 10.5. The molecule has 0 atom stereocenters. The molecular formula is C30H31ClF6N12O2. The zero-order valence-corrected chi connectivity index (χ0v) is 28.5. The van der Waals surface area contributed by atoms with Crippen molar-refractivity contribution in [2.24, 2.45) is 0 Å². The molecule has 0 bridgehead atoms. The fraction of sp³-hybridized carbons (Fsp3) is 0.333. The highest BCUT2D eigenvalue weighted by atomic mass is 35.5. The van der Waals surface area contributed by atoms with Gasteiger partial charge >= 0.3 is 12.4 Å². The second-order valence-electron chi connectivity index (χ2n) is 12.6. The normalized spacial score (nSPS) is 12.3. The molecule has 272 valence electrons. The highest BCUT2D eigenvalue weighted by molar-refractivity contribution is 6.29. The lowest BCUT2D eigenvalue weighted by atomic mass is 10.1. The van der Waals surface area contributed by atoms with Gasteiger partial charge in [-0.15, -0.1) is 5.10 Å². The number of aromatic nitrogens is 10. The van der Waals surface area contributed by atoms with Crippen molar-refractivity contribution in [2.45, 2.75) is 65.0 Å². The van der Waals surface area contributed by atoms with Gasteiger partial charge in [0, 0.05) is 18.5 Å². The van der Waals surface area contributed by atoms with Crippen molar-refractivity contribution in [1.82, 2.24) is 49.5 Å². The van der Waals surface area contributed by atoms with E-state index in [4.69, 9.17) is 27.8 Å². The monoisotopic (exact) mass is 740 g/mol. The Morgan fingerprint density at radius 3 is 1.76 bits per heavy atom. The van der Waals surface area contributed by atoms with Crippen molar-refractivity contribution in [3.05, 3.63) is 75.9 Å². The second kappa shape index (κ2) is 14.0. The predicted octanol–water partition coefficient (Wildman–Crippen LogP) is 6.58. The Labute approximate surface area is 289 Å². The maximum Gasteiger partial charge on any atom is 0.416 e. The van der Waals surface area contributed by atoms with Crippen molar-refractivity contribution in [3.8, 4) is 11.8 Å². The third kappa shape index (κ3) is 8.99. The highest BCUT2D eigenvalue weighted by Gasteiger charge is 2.32. The molecule has 0 aromatic carbocycles. The number of fused-ring (bicyclic) bond motifs is 2. The number of hydrogen-bond donors (Lipinski definition) is 3. The van der Waals surface area contributed by atoms with Crippen LogP contribution in [0.2, 0.25) is 5.15 Å². The summed E-state index contributed by atoms with van der Waals surface area (Å²) in [4.78, 5) is 34.8. The first-order valence-corrected chi connectivity index (χ1v) is 15.0. The predicted molar refractivity (Wildman–Crippen MR) is 176 cm³/mol. The van der Waals surface area contributed by atoms with Crippen LogP contribution >= 0.6 is 11.6 Å². The number of aromatic amines is 1. The van der Waals surface area contributed by atoms with Gasteiger partial charge in [0.2, 0.25) is 5.88 Å². The Morgan fingerprint density at radius 2 is 1.25 bits per heavy atom. The molecule has 0 saturated carbocycles. The van der Waals surface area contributed by atoms with Crippen molar-refractivity contribution in [3.63, 3.8) is 0 Å². The lowest BCUT2D eigenvalue weighted by Crippen LogP contribution is -2.24. The van der Waals surface area contributed by atoms with Gasteiger partial charge < -0.3 is 16.2 Å². The van der Waals surface area contributed by atoms with Crippen LogP contribution in [0.15, 0.2) is 54.1 Å². The number of alkyl halides is 6. The van der Waals surface area contributed by atoms with Crippen LogP contribution in [0.1, 0.15) is 52.7 Å². The molecule has 0 radical (unpaired) electrons. The van der Waals surface area contributed by atoms with Crippen LogP contribution in [0.3, 0.4) is 0 Å². The molecule has 6 aromatic heterocycles. The molecule has 6 rings (SSSR count). The number of halogens is 7. The van der Waals surface area contributed by atoms with E-state index < -0.39 is 29.0 Å². The molecule has 0 aliphatic carbocycles. The number of ether oxygens (including phenoxy) is 1. The van der Waals surface area contributed by atoms with E-state index in [1.165, 1.54) is 12.7 Å². The summed E-state index contributed by atoms with van der Waals surface area (Å²) in [5, 5.41) is 7.53. The van der Waals surface area contributed by atoms with E-state index >= 15 is 0 Å². The molecule has 14 nitrogen and oxygen atoms in total. The highest BCUT2D eigenvalue weighted by Crippen LogP contribution is 2.36. The molecule has 0 saturated heterocycles. The number of rotatable bonds is 2. The van der Waals surface area contributed by atoms with E-state index in [2.05, 4.69) is 40.1 Å². The molecule has 0 fully saturated rings. The minimum atomic E-state index is -4.50. The number of nitrogen functional groups attached to an aromatic ring is 2. The van der Waals surface area contributed by atoms with Crippen LogP contribution in [0.4, 0.5) is 38.0 Å². The second-order valence-corrected chi connectivity index (χ2v) is 13.0. The van der Waals surface area contributed by atoms with Crippen LogP contribution in [0.25, 0.3) is 22.1 Å². The first-order valence-electron chi connectivity index (χ1n) is 14.6. The first kappa shape index (κ1) is 38.3. The van der Waals surface area contributed by atoms with Crippen molar-refractivity contribution < 1.29 is 31.1 Å². The molecule has 6 heterocycles. The van der Waals surface area contributed by atoms with E-state index in [-0.39, 0.29) is 39.6 Å². The maximum atomic E-state index is 12.8. The van der Waals surface area contributed by atoms with Crippen molar-refractivity contribution >= 4 is 45.3 Å². The molecule has 0 unspecified atom stereocenters. The van der Waals surface area contributed by atoms with Gasteiger partial charge in [-0.05, 0) is 59.7 Å². The van der Waals surface area contributed by atoms with Crippen LogP contribution in [-0.2, 0) is 23.4 Å². The Bertz CT molecular complexity index is 2220. The van der Waals surface area contributed by atoms with Crippen molar-refractivity contribution in [1.29, 1.82) is 0 Å². The summed E-state index contributed by atoms with van der Waals surface area (Å²) in [6, 6.07) is 3.30. The van der Waals surface area contributed by atoms with Gasteiger partial charge in [-0.25, -0.2) is 34.6 Å². The van der Waals surface area contributed by atoms with Gasteiger partial charge in [0.1, 0.15) is 40.2 Å². The number of H-pyrrole nitrogens is 1. The minimum Gasteiger partial charge on any atom is -0.418 e. The topological polar surface area (TPSA) is 194 Å². The largest absolute Gasteiger partial charge is 0.418 e. The molecule has 0 aliphatic heterocycles. The van der Waals surface area contributed by atoms with E-state index in [0.717, 1.165) is 36.7 Å². The van der Waals surface area contributed by atoms with Gasteiger partial charge in [-0.3, -0.25) is 14.6 Å². The smallest absolute Gasteiger partial charge is 0.416 e. The summed E-state index contributed by atoms with van der Waals surface area (Å²) in [6.07, 6.45) is -4.17. The van der Waals surface area contributed by atoms with E-state index in [1.54, 1.807) is 9.36 Å². The van der Waals surface area contributed by atoms with Crippen LogP contribution in [0, 0.1) is 0 Å². The maximum absolute atomic E-state index is 12.8. The summed E-state index contributed by atoms with van der Waals surface area (Å²) >= 11 is 5.24. The summed E-state index contributed by atoms with van der Waals surface area (Å²) in [5.41, 5.74) is 9.86. The summed E-state index contributed by atoms with van der Waals surface area (Å²) in [5.74, 6) is 0.0695. The lowest BCUT2D eigenvalue weighted by Gasteiger charge is -2.20. The Balaban J connectivity index is 0.000000190. The summed E-state index contributed by atoms with van der Waals surface area (Å²) in [7, 11) is 0. The number of nitrogens with zero attached hydrogens (tertiary/aromatic N) is 9. The quantitative estimate of drug-likeness (QED) is 0.128. The average Bonchev–Trinajstić information content (AvgIpc) is 3.57. The SMILES string of the molecule is CC(C)(C)n1[nH]c(=O)c2c(N)ncnc21.CC(C)(C)n1nc(Oc2cc(C(F)(F)F)ccn2)c2c(N)ncnc21.FC(F)(F)c1ccnc(Cl)c1. The van der Waals surface area contributed by atoms with Crippen molar-refractivity contribution in [2.75, 3.05) is 11.5 Å². The number of nitrogens with one attached hydrogen (secondary N) is 1. The van der Waals surface area contributed by atoms with Gasteiger partial charge in [-0.1, -0.05) is 11.6 Å². The van der Waals surface area contributed by atoms with E-state index in [0.29, 0.717) is 22.1 Å². The first-order chi connectivity index (χ1) is 23.5. The van der Waals surface area contributed by atoms with Gasteiger partial charge in [0.05, 0.1) is 22.2 Å². The van der Waals surface area contributed by atoms with Gasteiger partial charge in [-0.2, -0.15) is 26.3 Å². The van der Waals surface area contributed by atoms with Crippen LogP contribution < -0.4 is 21.8 Å². The Hall–Kier alpha value is -5.53. The minimum absolute atomic E-state index is 0.00477. The lowest BCUT2D eigenvalue weighted by molar-refractivity contribution is -0.138. The molecular weight excluding hydrogens is 710 g/mol. The molecule has 6 aromatic rings. The number of nitrogens with two attached hydrogens (primary N) is 2. The number of anilines is 2. The molecule has 0 spiro atoms. The summed E-state index contributed by atoms with van der Waals surface area (Å²) in [6.45, 7) is 11.6. The van der Waals surface area contributed by atoms with E-state index in [9.17, 15) is 31.1 Å². The third-order valence-electron chi connectivity index (χ3n) is 6.59. The van der Waals surface area contributed by atoms with Crippen LogP contribution in [0.5, 0.6) is 11.8 Å². The third-order valence-corrected chi connectivity index (χ3v) is 6.80. The molecule has 0 aliphatic rings. The zero-order chi connectivity index (χ0) is 38.1. The molecule has 51 heavy (non-hydrogen) atoms. The number of pyridine rings is 2. The molecule has 5 N–H and O–H groups in total. The van der Waals surface area contributed by atoms with Gasteiger partial charge in [0.25, 0.3) is 11.4 Å². The summed E-state index contributed by atoms with van der Waals surface area (Å²) < 4.78 is 82.9. The standard InChI is InChI=1S/C15H15F3N6O.C9H13N5O.C6H3ClF3N/c1-14(2,3)24-12-10(11(19)21-7-22-12)13(23-24)25-9-6-8(4-5-20-9)15(16,17)18;1-9(2,3)14-7-5(8(15)13-14)6(10)11-4-12-7;7-5-3-4(1-2-11-5)6(8,9)10/h4-7H,1-3H3,(H2,19,21,22);4H,1-3H3,(H,13,15)(H2,10,11,12);1-3H. The molecule has 21 heteroatoms. The van der Waals surface area contributed by atoms with E-state index in [1.807, 2.05) is 41.5 Å².